The lowest BCUT2D eigenvalue weighted by atomic mass is 10.2. The fourth-order valence-electron chi connectivity index (χ4n) is 2.35. The summed E-state index contributed by atoms with van der Waals surface area (Å²) in [6, 6.07) is 7.05. The average molecular weight is 362 g/mol. The highest BCUT2D eigenvalue weighted by atomic mass is 35.5. The van der Waals surface area contributed by atoms with Crippen molar-refractivity contribution in [3.05, 3.63) is 45.6 Å². The van der Waals surface area contributed by atoms with Crippen LogP contribution in [0, 0.1) is 13.8 Å². The number of nitrogens with zero attached hydrogens (tertiary/aromatic N) is 2. The van der Waals surface area contributed by atoms with Gasteiger partial charge in [-0.25, -0.2) is 9.78 Å². The molecule has 0 unspecified atom stereocenters. The number of aryl methyl sites for hydroxylation is 2. The molecule has 3 aromatic rings. The maximum Gasteiger partial charge on any atom is 0.338 e. The Labute approximate surface area is 148 Å². The Bertz CT molecular complexity index is 906. The summed E-state index contributed by atoms with van der Waals surface area (Å²) in [5.41, 5.74) is 2.45. The Hall–Kier alpha value is -2.18. The first kappa shape index (κ1) is 16.7. The van der Waals surface area contributed by atoms with Gasteiger partial charge in [-0.15, -0.1) is 11.3 Å². The highest BCUT2D eigenvalue weighted by molar-refractivity contribution is 7.18. The molecule has 1 N–H and O–H groups in total. The van der Waals surface area contributed by atoms with Gasteiger partial charge in [-0.3, -0.25) is 0 Å². The normalized spacial score (nSPS) is 10.8. The Balaban J connectivity index is 1.94. The van der Waals surface area contributed by atoms with E-state index in [0.717, 1.165) is 21.5 Å². The lowest BCUT2D eigenvalue weighted by Crippen LogP contribution is -2.04. The van der Waals surface area contributed by atoms with E-state index in [2.05, 4.69) is 15.3 Å². The molecular formula is C17H16ClN3O2S. The van der Waals surface area contributed by atoms with E-state index in [1.165, 1.54) is 4.88 Å². The Kier molecular flexibility index (Phi) is 4.69. The van der Waals surface area contributed by atoms with Crippen molar-refractivity contribution in [3.8, 4) is 0 Å². The van der Waals surface area contributed by atoms with Gasteiger partial charge in [0.15, 0.2) is 0 Å². The maximum absolute atomic E-state index is 11.7. The summed E-state index contributed by atoms with van der Waals surface area (Å²) >= 11 is 7.63. The van der Waals surface area contributed by atoms with Crippen molar-refractivity contribution in [2.45, 2.75) is 20.8 Å². The molecule has 3 rings (SSSR count). The van der Waals surface area contributed by atoms with Crippen molar-refractivity contribution in [2.75, 3.05) is 11.9 Å². The smallest absolute Gasteiger partial charge is 0.338 e. The van der Waals surface area contributed by atoms with Crippen molar-refractivity contribution in [3.63, 3.8) is 0 Å². The molecule has 0 aliphatic heterocycles. The van der Waals surface area contributed by atoms with E-state index in [0.29, 0.717) is 18.0 Å². The van der Waals surface area contributed by atoms with Gasteiger partial charge in [0.2, 0.25) is 5.28 Å². The molecule has 0 radical (unpaired) electrons. The third-order valence-corrected chi connectivity index (χ3v) is 4.93. The minimum absolute atomic E-state index is 0.203. The predicted octanol–water partition coefficient (Wildman–Crippen LogP) is 4.88. The Morgan fingerprint density at radius 2 is 1.96 bits per heavy atom. The van der Waals surface area contributed by atoms with E-state index < -0.39 is 0 Å². The van der Waals surface area contributed by atoms with Crippen LogP contribution in [0.2, 0.25) is 5.28 Å². The topological polar surface area (TPSA) is 64.1 Å². The standard InChI is InChI=1S/C17H16ClN3O2S/c1-4-23-16(22)11-5-7-12(8-6-11)19-14-13-9(2)10(3)24-15(13)21-17(18)20-14/h5-8H,4H2,1-3H3,(H,19,20,21). The van der Waals surface area contributed by atoms with Gasteiger partial charge in [-0.1, -0.05) is 0 Å². The molecule has 0 fully saturated rings. The van der Waals surface area contributed by atoms with Crippen LogP contribution in [0.1, 0.15) is 27.7 Å². The average Bonchev–Trinajstić information content (AvgIpc) is 2.82. The Morgan fingerprint density at radius 3 is 2.62 bits per heavy atom. The number of esters is 1. The van der Waals surface area contributed by atoms with Crippen LogP contribution in [-0.2, 0) is 4.74 Å². The van der Waals surface area contributed by atoms with Crippen molar-refractivity contribution >= 4 is 50.6 Å². The van der Waals surface area contributed by atoms with Crippen molar-refractivity contribution in [1.29, 1.82) is 0 Å². The number of carbonyl (C=O) groups excluding carboxylic acids is 1. The van der Waals surface area contributed by atoms with Crippen LogP contribution in [0.25, 0.3) is 10.2 Å². The first-order chi connectivity index (χ1) is 11.5. The van der Waals surface area contributed by atoms with Crippen LogP contribution in [0.3, 0.4) is 0 Å². The lowest BCUT2D eigenvalue weighted by molar-refractivity contribution is 0.0526. The fraction of sp³-hybridized carbons (Fsp3) is 0.235. The first-order valence-electron chi connectivity index (χ1n) is 7.47. The van der Waals surface area contributed by atoms with E-state index >= 15 is 0 Å². The number of hydrogen-bond acceptors (Lipinski definition) is 6. The molecule has 124 valence electrons. The minimum Gasteiger partial charge on any atom is -0.462 e. The molecule has 0 aliphatic rings. The molecule has 2 heterocycles. The summed E-state index contributed by atoms with van der Waals surface area (Å²) in [6.45, 7) is 6.23. The van der Waals surface area contributed by atoms with Crippen molar-refractivity contribution in [1.82, 2.24) is 9.97 Å². The summed E-state index contributed by atoms with van der Waals surface area (Å²) in [7, 11) is 0. The minimum atomic E-state index is -0.333. The van der Waals surface area contributed by atoms with Crippen molar-refractivity contribution < 1.29 is 9.53 Å². The van der Waals surface area contributed by atoms with Crippen LogP contribution < -0.4 is 5.32 Å². The predicted molar refractivity (Wildman–Crippen MR) is 97.6 cm³/mol. The second-order valence-corrected chi connectivity index (χ2v) is 6.77. The van der Waals surface area contributed by atoms with E-state index in [1.54, 1.807) is 30.4 Å². The molecule has 2 aromatic heterocycles. The third kappa shape index (κ3) is 3.20. The van der Waals surface area contributed by atoms with Gasteiger partial charge in [0.05, 0.1) is 17.6 Å². The molecule has 0 amide bonds. The summed E-state index contributed by atoms with van der Waals surface area (Å²) in [5.74, 6) is 0.330. The summed E-state index contributed by atoms with van der Waals surface area (Å²) in [5, 5.41) is 4.43. The molecule has 0 aliphatic carbocycles. The van der Waals surface area contributed by atoms with Gasteiger partial charge in [-0.2, -0.15) is 4.98 Å². The Morgan fingerprint density at radius 1 is 1.25 bits per heavy atom. The van der Waals surface area contributed by atoms with Crippen LogP contribution in [0.5, 0.6) is 0 Å². The van der Waals surface area contributed by atoms with E-state index in [4.69, 9.17) is 16.3 Å². The van der Waals surface area contributed by atoms with Gasteiger partial charge in [0, 0.05) is 10.6 Å². The third-order valence-electron chi connectivity index (χ3n) is 3.66. The lowest BCUT2D eigenvalue weighted by Gasteiger charge is -2.09. The second kappa shape index (κ2) is 6.75. The number of aromatic nitrogens is 2. The number of fused-ring (bicyclic) bond motifs is 1. The highest BCUT2D eigenvalue weighted by Gasteiger charge is 2.14. The molecule has 24 heavy (non-hydrogen) atoms. The van der Waals surface area contributed by atoms with Gasteiger partial charge in [-0.05, 0) is 62.2 Å². The molecule has 0 saturated carbocycles. The number of hydrogen-bond donors (Lipinski definition) is 1. The molecule has 0 spiro atoms. The summed E-state index contributed by atoms with van der Waals surface area (Å²) in [4.78, 5) is 22.3. The SMILES string of the molecule is CCOC(=O)c1ccc(Nc2nc(Cl)nc3sc(C)c(C)c23)cc1. The second-order valence-electron chi connectivity index (χ2n) is 5.23. The quantitative estimate of drug-likeness (QED) is 0.530. The molecule has 0 bridgehead atoms. The first-order valence-corrected chi connectivity index (χ1v) is 8.66. The molecule has 5 nitrogen and oxygen atoms in total. The van der Waals surface area contributed by atoms with Crippen LogP contribution in [-0.4, -0.2) is 22.5 Å². The molecule has 7 heteroatoms. The number of nitrogens with one attached hydrogen (secondary N) is 1. The van der Waals surface area contributed by atoms with E-state index in [9.17, 15) is 4.79 Å². The van der Waals surface area contributed by atoms with Gasteiger partial charge < -0.3 is 10.1 Å². The number of ether oxygens (including phenoxy) is 1. The monoisotopic (exact) mass is 361 g/mol. The zero-order chi connectivity index (χ0) is 17.3. The van der Waals surface area contributed by atoms with E-state index in [-0.39, 0.29) is 11.3 Å². The number of thiophene rings is 1. The van der Waals surface area contributed by atoms with Gasteiger partial charge in [0.1, 0.15) is 10.6 Å². The van der Waals surface area contributed by atoms with Crippen LogP contribution in [0.4, 0.5) is 11.5 Å². The zero-order valence-corrected chi connectivity index (χ0v) is 15.1. The van der Waals surface area contributed by atoms with E-state index in [1.807, 2.05) is 26.0 Å². The fourth-order valence-corrected chi connectivity index (χ4v) is 3.60. The molecular weight excluding hydrogens is 346 g/mol. The maximum atomic E-state index is 11.7. The number of anilines is 2. The number of halogens is 1. The summed E-state index contributed by atoms with van der Waals surface area (Å²) in [6.07, 6.45) is 0. The number of carbonyl (C=O) groups is 1. The molecule has 0 atom stereocenters. The van der Waals surface area contributed by atoms with Gasteiger partial charge >= 0.3 is 5.97 Å². The number of rotatable bonds is 4. The number of benzene rings is 1. The largest absolute Gasteiger partial charge is 0.462 e. The highest BCUT2D eigenvalue weighted by Crippen LogP contribution is 2.35. The summed E-state index contributed by atoms with van der Waals surface area (Å²) < 4.78 is 4.98. The molecule has 1 aromatic carbocycles. The van der Waals surface area contributed by atoms with Crippen LogP contribution in [0.15, 0.2) is 24.3 Å². The van der Waals surface area contributed by atoms with Gasteiger partial charge in [0.25, 0.3) is 0 Å². The van der Waals surface area contributed by atoms with Crippen LogP contribution >= 0.6 is 22.9 Å². The molecule has 0 saturated heterocycles. The zero-order valence-electron chi connectivity index (χ0n) is 13.5. The van der Waals surface area contributed by atoms with Crippen molar-refractivity contribution in [2.24, 2.45) is 0 Å².